The van der Waals surface area contributed by atoms with Crippen LogP contribution in [-0.4, -0.2) is 24.1 Å². The van der Waals surface area contributed by atoms with Crippen molar-refractivity contribution in [2.75, 3.05) is 13.2 Å². The molecule has 0 aliphatic carbocycles. The number of thiophene rings is 1. The molecule has 1 aromatic carbocycles. The van der Waals surface area contributed by atoms with Crippen molar-refractivity contribution in [3.8, 4) is 6.07 Å². The molecule has 132 valence electrons. The van der Waals surface area contributed by atoms with Gasteiger partial charge in [0.1, 0.15) is 6.07 Å². The van der Waals surface area contributed by atoms with Gasteiger partial charge in [-0.05, 0) is 30.0 Å². The maximum Gasteiger partial charge on any atom is 0.350 e. The monoisotopic (exact) mass is 365 g/mol. The van der Waals surface area contributed by atoms with Crippen LogP contribution >= 0.6 is 11.3 Å². The molecule has 0 aliphatic rings. The highest BCUT2D eigenvalue weighted by molar-refractivity contribution is 7.10. The summed E-state index contributed by atoms with van der Waals surface area (Å²) < 4.78 is 4.88. The summed E-state index contributed by atoms with van der Waals surface area (Å²) in [4.78, 5) is 16.3. The minimum Gasteiger partial charge on any atom is -0.462 e. The lowest BCUT2D eigenvalue weighted by Crippen LogP contribution is -2.19. The molecule has 0 saturated heterocycles. The molecule has 2 heterocycles. The Kier molecular flexibility index (Phi) is 5.72. The number of benzene rings is 1. The van der Waals surface area contributed by atoms with Crippen LogP contribution in [0.3, 0.4) is 0 Å². The third kappa shape index (κ3) is 3.79. The first-order valence-corrected chi connectivity index (χ1v) is 9.22. The lowest BCUT2D eigenvalue weighted by Gasteiger charge is -2.15. The average Bonchev–Trinajstić information content (AvgIpc) is 3.32. The van der Waals surface area contributed by atoms with Crippen molar-refractivity contribution in [1.82, 2.24) is 10.3 Å². The highest BCUT2D eigenvalue weighted by Crippen LogP contribution is 2.32. The lowest BCUT2D eigenvalue weighted by molar-refractivity contribution is -0.138. The second kappa shape index (κ2) is 8.37. The third-order valence-corrected chi connectivity index (χ3v) is 5.05. The van der Waals surface area contributed by atoms with E-state index in [9.17, 15) is 4.79 Å². The van der Waals surface area contributed by atoms with E-state index < -0.39 is 5.97 Å². The van der Waals surface area contributed by atoms with E-state index in [0.717, 1.165) is 5.52 Å². The number of nitriles is 1. The van der Waals surface area contributed by atoms with Crippen molar-refractivity contribution in [2.45, 2.75) is 12.8 Å². The first kappa shape index (κ1) is 17.8. The van der Waals surface area contributed by atoms with Gasteiger partial charge in [-0.3, -0.25) is 0 Å². The highest BCUT2D eigenvalue weighted by atomic mass is 32.1. The van der Waals surface area contributed by atoms with Crippen LogP contribution in [0.1, 0.15) is 23.3 Å². The molecule has 0 radical (unpaired) electrons. The Morgan fingerprint density at radius 1 is 1.38 bits per heavy atom. The molecule has 3 rings (SSSR count). The first-order chi connectivity index (χ1) is 12.7. The highest BCUT2D eigenvalue weighted by Gasteiger charge is 2.19. The molecule has 0 fully saturated rings. The number of ether oxygens (including phenoxy) is 1. The molecule has 0 bridgehead atoms. The smallest absolute Gasteiger partial charge is 0.350 e. The Balaban J connectivity index is 1.85. The number of H-pyrrole nitrogens is 1. The zero-order valence-corrected chi connectivity index (χ0v) is 15.2. The molecular formula is C20H19N3O2S. The maximum absolute atomic E-state index is 11.7. The largest absolute Gasteiger partial charge is 0.462 e. The zero-order chi connectivity index (χ0) is 18.4. The van der Waals surface area contributed by atoms with Gasteiger partial charge in [0.15, 0.2) is 5.57 Å². The van der Waals surface area contributed by atoms with Crippen molar-refractivity contribution in [3.05, 3.63) is 70.2 Å². The molecule has 2 aromatic heterocycles. The number of rotatable bonds is 7. The first-order valence-electron chi connectivity index (χ1n) is 8.34. The van der Waals surface area contributed by atoms with Gasteiger partial charge in [0.05, 0.1) is 6.61 Å². The van der Waals surface area contributed by atoms with E-state index in [2.05, 4.69) is 22.4 Å². The van der Waals surface area contributed by atoms with Gasteiger partial charge in [0.2, 0.25) is 0 Å². The number of aromatic nitrogens is 1. The molecule has 0 unspecified atom stereocenters. The fourth-order valence-corrected chi connectivity index (χ4v) is 3.71. The summed E-state index contributed by atoms with van der Waals surface area (Å²) in [5.41, 5.74) is 2.23. The predicted octanol–water partition coefficient (Wildman–Crippen LogP) is 3.92. The van der Waals surface area contributed by atoms with Gasteiger partial charge in [-0.1, -0.05) is 24.3 Å². The summed E-state index contributed by atoms with van der Waals surface area (Å²) in [5.74, 6) is -0.508. The number of nitrogens with zero attached hydrogens (tertiary/aromatic N) is 1. The zero-order valence-electron chi connectivity index (χ0n) is 14.4. The predicted molar refractivity (Wildman–Crippen MR) is 103 cm³/mol. The number of esters is 1. The minimum absolute atomic E-state index is 0.0318. The quantitative estimate of drug-likeness (QED) is 0.378. The SMILES string of the molecule is CCOC(=O)/C(C#N)=C/NC[C@@H](c1cccs1)c1c[nH]c2ccccc12. The number of hydrogen-bond acceptors (Lipinski definition) is 5. The van der Waals surface area contributed by atoms with Crippen molar-refractivity contribution < 1.29 is 9.53 Å². The van der Waals surface area contributed by atoms with Gasteiger partial charge in [-0.15, -0.1) is 11.3 Å². The molecule has 0 spiro atoms. The van der Waals surface area contributed by atoms with Crippen LogP contribution < -0.4 is 5.32 Å². The van der Waals surface area contributed by atoms with E-state index in [1.807, 2.05) is 41.9 Å². The molecule has 26 heavy (non-hydrogen) atoms. The molecule has 0 aliphatic heterocycles. The molecule has 0 amide bonds. The number of hydrogen-bond donors (Lipinski definition) is 2. The van der Waals surface area contributed by atoms with E-state index in [4.69, 9.17) is 10.00 Å². The van der Waals surface area contributed by atoms with Crippen LogP contribution in [0.15, 0.2) is 59.7 Å². The normalized spacial score (nSPS) is 12.5. The summed E-state index contributed by atoms with van der Waals surface area (Å²) in [6.45, 7) is 2.52. The summed E-state index contributed by atoms with van der Waals surface area (Å²) in [6.07, 6.45) is 3.46. The van der Waals surface area contributed by atoms with Gasteiger partial charge in [-0.2, -0.15) is 5.26 Å². The van der Waals surface area contributed by atoms with Crippen molar-refractivity contribution >= 4 is 28.2 Å². The summed E-state index contributed by atoms with van der Waals surface area (Å²) in [5, 5.41) is 15.5. The number of para-hydroxylation sites is 1. The number of nitrogens with one attached hydrogen (secondary N) is 2. The third-order valence-electron chi connectivity index (χ3n) is 4.07. The molecule has 3 aromatic rings. The fourth-order valence-electron chi connectivity index (χ4n) is 2.86. The van der Waals surface area contributed by atoms with Crippen LogP contribution in [0.25, 0.3) is 10.9 Å². The topological polar surface area (TPSA) is 77.9 Å². The Bertz CT molecular complexity index is 951. The fraction of sp³-hybridized carbons (Fsp3) is 0.200. The second-order valence-corrected chi connectivity index (χ2v) is 6.64. The molecule has 1 atom stereocenters. The lowest BCUT2D eigenvalue weighted by atomic mass is 9.97. The number of fused-ring (bicyclic) bond motifs is 1. The van der Waals surface area contributed by atoms with Crippen molar-refractivity contribution in [2.24, 2.45) is 0 Å². The van der Waals surface area contributed by atoms with Crippen LogP contribution in [0.5, 0.6) is 0 Å². The number of carbonyl (C=O) groups excluding carboxylic acids is 1. The van der Waals surface area contributed by atoms with Crippen molar-refractivity contribution in [3.63, 3.8) is 0 Å². The van der Waals surface area contributed by atoms with E-state index in [0.29, 0.717) is 6.54 Å². The van der Waals surface area contributed by atoms with Gasteiger partial charge in [0, 0.05) is 40.6 Å². The molecule has 0 saturated carbocycles. The minimum atomic E-state index is -0.609. The van der Waals surface area contributed by atoms with E-state index >= 15 is 0 Å². The van der Waals surface area contributed by atoms with Gasteiger partial charge >= 0.3 is 5.97 Å². The van der Waals surface area contributed by atoms with Gasteiger partial charge in [0.25, 0.3) is 0 Å². The molecule has 2 N–H and O–H groups in total. The van der Waals surface area contributed by atoms with Crippen LogP contribution in [0.2, 0.25) is 0 Å². The molecule has 6 heteroatoms. The van der Waals surface area contributed by atoms with E-state index in [1.54, 1.807) is 18.3 Å². The Morgan fingerprint density at radius 2 is 2.23 bits per heavy atom. The number of carbonyl (C=O) groups is 1. The number of aromatic amines is 1. The Morgan fingerprint density at radius 3 is 2.96 bits per heavy atom. The van der Waals surface area contributed by atoms with E-state index in [-0.39, 0.29) is 18.1 Å². The second-order valence-electron chi connectivity index (χ2n) is 5.66. The standard InChI is InChI=1S/C20H19N3O2S/c1-2-25-20(24)14(10-21)11-22-12-17(19-8-5-9-26-19)16-13-23-18-7-4-3-6-15(16)18/h3-9,11,13,17,22-23H,2,12H2,1H3/b14-11+/t17-/m1/s1. The van der Waals surface area contributed by atoms with E-state index in [1.165, 1.54) is 22.0 Å². The summed E-state index contributed by atoms with van der Waals surface area (Å²) in [6, 6.07) is 14.2. The van der Waals surface area contributed by atoms with Crippen LogP contribution in [0.4, 0.5) is 0 Å². The van der Waals surface area contributed by atoms with Crippen LogP contribution in [-0.2, 0) is 9.53 Å². The van der Waals surface area contributed by atoms with Gasteiger partial charge in [-0.25, -0.2) is 4.79 Å². The Labute approximate surface area is 155 Å². The Hall–Kier alpha value is -3.04. The average molecular weight is 365 g/mol. The maximum atomic E-state index is 11.7. The molecule has 5 nitrogen and oxygen atoms in total. The summed E-state index contributed by atoms with van der Waals surface area (Å²) >= 11 is 1.69. The van der Waals surface area contributed by atoms with Crippen molar-refractivity contribution in [1.29, 1.82) is 5.26 Å². The molecular weight excluding hydrogens is 346 g/mol. The van der Waals surface area contributed by atoms with Gasteiger partial charge < -0.3 is 15.0 Å². The summed E-state index contributed by atoms with van der Waals surface area (Å²) in [7, 11) is 0. The van der Waals surface area contributed by atoms with Crippen LogP contribution in [0, 0.1) is 11.3 Å².